The molecule has 0 aliphatic carbocycles. The number of rotatable bonds is 6. The Bertz CT molecular complexity index is 602. The van der Waals surface area contributed by atoms with Gasteiger partial charge in [0.15, 0.2) is 0 Å². The summed E-state index contributed by atoms with van der Waals surface area (Å²) in [5.74, 6) is 0.381. The lowest BCUT2D eigenvalue weighted by Gasteiger charge is -2.26. The fraction of sp³-hybridized carbons (Fsp3) is 0.571. The molecule has 0 spiro atoms. The van der Waals surface area contributed by atoms with Crippen molar-refractivity contribution < 1.29 is 13.5 Å². The quantitative estimate of drug-likeness (QED) is 0.850. The minimum absolute atomic E-state index is 0.0198. The summed E-state index contributed by atoms with van der Waals surface area (Å²) in [7, 11) is -2.20. The van der Waals surface area contributed by atoms with Crippen molar-refractivity contribution in [1.29, 1.82) is 0 Å². The average Bonchev–Trinajstić information content (AvgIpc) is 2.37. The zero-order valence-electron chi connectivity index (χ0n) is 12.6. The molecule has 0 amide bonds. The molecule has 120 valence electrons. The molecule has 0 radical (unpaired) electrons. The van der Waals surface area contributed by atoms with Gasteiger partial charge in [0.2, 0.25) is 10.0 Å². The van der Waals surface area contributed by atoms with E-state index in [2.05, 4.69) is 0 Å². The summed E-state index contributed by atoms with van der Waals surface area (Å²) in [6.45, 7) is 5.52. The van der Waals surface area contributed by atoms with Crippen LogP contribution in [0.1, 0.15) is 32.8 Å². The third kappa shape index (κ3) is 4.11. The van der Waals surface area contributed by atoms with Crippen molar-refractivity contribution in [3.63, 3.8) is 0 Å². The number of nitrogens with zero attached hydrogens (tertiary/aromatic N) is 1. The maximum Gasteiger partial charge on any atom is 0.244 e. The van der Waals surface area contributed by atoms with Gasteiger partial charge in [0.1, 0.15) is 4.90 Å². The minimum Gasteiger partial charge on any atom is -0.392 e. The first-order valence-corrected chi connectivity index (χ1v) is 8.88. The van der Waals surface area contributed by atoms with E-state index in [9.17, 15) is 13.5 Å². The van der Waals surface area contributed by atoms with Crippen molar-refractivity contribution in [3.05, 3.63) is 27.7 Å². The van der Waals surface area contributed by atoms with E-state index in [1.807, 2.05) is 20.8 Å². The molecule has 1 aromatic carbocycles. The average molecular weight is 354 g/mol. The van der Waals surface area contributed by atoms with Gasteiger partial charge in [-0.3, -0.25) is 0 Å². The molecule has 1 rings (SSSR count). The fourth-order valence-corrected chi connectivity index (χ4v) is 4.39. The van der Waals surface area contributed by atoms with Gasteiger partial charge in [-0.05, 0) is 31.4 Å². The Balaban J connectivity index is 3.25. The van der Waals surface area contributed by atoms with Crippen molar-refractivity contribution in [2.24, 2.45) is 5.92 Å². The van der Waals surface area contributed by atoms with Gasteiger partial charge in [-0.2, -0.15) is 4.31 Å². The van der Waals surface area contributed by atoms with Gasteiger partial charge in [-0.1, -0.05) is 37.0 Å². The number of hydrogen-bond acceptors (Lipinski definition) is 3. The Kier molecular flexibility index (Phi) is 6.50. The largest absolute Gasteiger partial charge is 0.392 e. The highest BCUT2D eigenvalue weighted by molar-refractivity contribution is 7.89. The highest BCUT2D eigenvalue weighted by Crippen LogP contribution is 2.33. The van der Waals surface area contributed by atoms with Crippen molar-refractivity contribution >= 4 is 33.2 Å². The molecular weight excluding hydrogens is 333 g/mol. The van der Waals surface area contributed by atoms with E-state index in [1.165, 1.54) is 23.5 Å². The monoisotopic (exact) mass is 353 g/mol. The summed E-state index contributed by atoms with van der Waals surface area (Å²) in [6, 6.07) is 2.66. The van der Waals surface area contributed by atoms with Crippen LogP contribution in [0.15, 0.2) is 17.0 Å². The molecule has 0 saturated carbocycles. The molecule has 0 heterocycles. The molecule has 0 fully saturated rings. The number of benzene rings is 1. The van der Waals surface area contributed by atoms with Crippen LogP contribution in [0.2, 0.25) is 10.0 Å². The van der Waals surface area contributed by atoms with Crippen LogP contribution in [0.25, 0.3) is 0 Å². The SMILES string of the molecule is CC(C)CC(C)N(C)S(=O)(=O)c1ccc(Cl)c(CO)c1Cl. The molecule has 0 aromatic heterocycles. The molecule has 4 nitrogen and oxygen atoms in total. The van der Waals surface area contributed by atoms with Gasteiger partial charge in [0.05, 0.1) is 11.6 Å². The van der Waals surface area contributed by atoms with E-state index < -0.39 is 16.6 Å². The van der Waals surface area contributed by atoms with Gasteiger partial charge in [0, 0.05) is 23.7 Å². The predicted octanol–water partition coefficient (Wildman–Crippen LogP) is 3.54. The van der Waals surface area contributed by atoms with Crippen molar-refractivity contribution in [2.75, 3.05) is 7.05 Å². The van der Waals surface area contributed by atoms with Gasteiger partial charge < -0.3 is 5.11 Å². The topological polar surface area (TPSA) is 57.6 Å². The second-order valence-electron chi connectivity index (χ2n) is 5.50. The lowest BCUT2D eigenvalue weighted by atomic mass is 10.1. The number of halogens is 2. The number of sulfonamides is 1. The molecule has 0 saturated heterocycles. The van der Waals surface area contributed by atoms with Gasteiger partial charge in [-0.15, -0.1) is 0 Å². The summed E-state index contributed by atoms with van der Waals surface area (Å²) < 4.78 is 26.7. The molecule has 1 unspecified atom stereocenters. The van der Waals surface area contributed by atoms with E-state index in [0.29, 0.717) is 5.92 Å². The molecular formula is C14H21Cl2NO3S. The van der Waals surface area contributed by atoms with E-state index in [4.69, 9.17) is 23.2 Å². The smallest absolute Gasteiger partial charge is 0.244 e. The standard InChI is InChI=1S/C14H21Cl2NO3S/c1-9(2)7-10(3)17(4)21(19,20)13-6-5-12(15)11(8-18)14(13)16/h5-6,9-10,18H,7-8H2,1-4H3. The first kappa shape index (κ1) is 18.7. The van der Waals surface area contributed by atoms with Crippen molar-refractivity contribution in [2.45, 2.75) is 44.7 Å². The van der Waals surface area contributed by atoms with Crippen LogP contribution in [-0.4, -0.2) is 30.9 Å². The maximum atomic E-state index is 12.7. The van der Waals surface area contributed by atoms with E-state index in [0.717, 1.165) is 6.42 Å². The molecule has 1 aromatic rings. The number of aliphatic hydroxyl groups excluding tert-OH is 1. The van der Waals surface area contributed by atoms with Crippen LogP contribution in [0.4, 0.5) is 0 Å². The second-order valence-corrected chi connectivity index (χ2v) is 8.25. The van der Waals surface area contributed by atoms with Crippen LogP contribution in [-0.2, 0) is 16.6 Å². The summed E-state index contributed by atoms with van der Waals surface area (Å²) in [5.41, 5.74) is 0.226. The highest BCUT2D eigenvalue weighted by atomic mass is 35.5. The van der Waals surface area contributed by atoms with Crippen LogP contribution in [0, 0.1) is 5.92 Å². The first-order chi connectivity index (χ1) is 9.62. The normalized spacial score (nSPS) is 14.0. The summed E-state index contributed by atoms with van der Waals surface area (Å²) in [5, 5.41) is 9.51. The molecule has 1 N–H and O–H groups in total. The van der Waals surface area contributed by atoms with E-state index >= 15 is 0 Å². The lowest BCUT2D eigenvalue weighted by Crippen LogP contribution is -2.36. The lowest BCUT2D eigenvalue weighted by molar-refractivity contribution is 0.281. The molecule has 0 aliphatic heterocycles. The van der Waals surface area contributed by atoms with Crippen molar-refractivity contribution in [3.8, 4) is 0 Å². The summed E-state index contributed by atoms with van der Waals surface area (Å²) in [4.78, 5) is -0.0317. The molecule has 21 heavy (non-hydrogen) atoms. The summed E-state index contributed by atoms with van der Waals surface area (Å²) in [6.07, 6.45) is 0.744. The Morgan fingerprint density at radius 3 is 2.29 bits per heavy atom. The van der Waals surface area contributed by atoms with Gasteiger partial charge >= 0.3 is 0 Å². The van der Waals surface area contributed by atoms with Crippen LogP contribution < -0.4 is 0 Å². The number of hydrogen-bond donors (Lipinski definition) is 1. The zero-order chi connectivity index (χ0) is 16.4. The fourth-order valence-electron chi connectivity index (χ4n) is 2.14. The van der Waals surface area contributed by atoms with E-state index in [-0.39, 0.29) is 26.5 Å². The molecule has 0 bridgehead atoms. The molecule has 7 heteroatoms. The Labute approximate surface area is 136 Å². The van der Waals surface area contributed by atoms with Crippen LogP contribution >= 0.6 is 23.2 Å². The van der Waals surface area contributed by atoms with Crippen molar-refractivity contribution in [1.82, 2.24) is 4.31 Å². The third-order valence-corrected chi connectivity index (χ3v) is 6.31. The molecule has 0 aliphatic rings. The Morgan fingerprint density at radius 2 is 1.81 bits per heavy atom. The Hall–Kier alpha value is -0.330. The second kappa shape index (κ2) is 7.29. The van der Waals surface area contributed by atoms with E-state index in [1.54, 1.807) is 0 Å². The molecule has 1 atom stereocenters. The maximum absolute atomic E-state index is 12.7. The predicted molar refractivity (Wildman–Crippen MR) is 86.3 cm³/mol. The first-order valence-electron chi connectivity index (χ1n) is 6.68. The zero-order valence-corrected chi connectivity index (χ0v) is 14.9. The number of aliphatic hydroxyl groups is 1. The third-order valence-electron chi connectivity index (χ3n) is 3.40. The Morgan fingerprint density at radius 1 is 1.24 bits per heavy atom. The summed E-state index contributed by atoms with van der Waals surface area (Å²) >= 11 is 12.0. The minimum atomic E-state index is -3.73. The van der Waals surface area contributed by atoms with Crippen LogP contribution in [0.3, 0.4) is 0 Å². The van der Waals surface area contributed by atoms with Gasteiger partial charge in [0.25, 0.3) is 0 Å². The highest BCUT2D eigenvalue weighted by Gasteiger charge is 2.29. The van der Waals surface area contributed by atoms with Crippen LogP contribution in [0.5, 0.6) is 0 Å². The van der Waals surface area contributed by atoms with Gasteiger partial charge in [-0.25, -0.2) is 8.42 Å².